The van der Waals surface area contributed by atoms with Crippen molar-refractivity contribution in [2.45, 2.75) is 32.2 Å². The summed E-state index contributed by atoms with van der Waals surface area (Å²) >= 11 is 0. The Kier molecular flexibility index (Phi) is 4.80. The SMILES string of the molecule is Cc1ccccc1OCC(CC(=O)O)N1CCCC1. The van der Waals surface area contributed by atoms with E-state index in [4.69, 9.17) is 9.84 Å². The number of ether oxygens (including phenoxy) is 1. The molecule has 2 rings (SSSR count). The highest BCUT2D eigenvalue weighted by Crippen LogP contribution is 2.19. The molecule has 19 heavy (non-hydrogen) atoms. The zero-order chi connectivity index (χ0) is 13.7. The van der Waals surface area contributed by atoms with E-state index in [1.807, 2.05) is 31.2 Å². The van der Waals surface area contributed by atoms with Gasteiger partial charge in [0.15, 0.2) is 0 Å². The van der Waals surface area contributed by atoms with Crippen LogP contribution >= 0.6 is 0 Å². The van der Waals surface area contributed by atoms with Crippen molar-refractivity contribution in [2.75, 3.05) is 19.7 Å². The average molecular weight is 263 g/mol. The summed E-state index contributed by atoms with van der Waals surface area (Å²) in [5.41, 5.74) is 1.08. The average Bonchev–Trinajstić information content (AvgIpc) is 2.89. The highest BCUT2D eigenvalue weighted by atomic mass is 16.5. The molecule has 1 heterocycles. The minimum Gasteiger partial charge on any atom is -0.492 e. The van der Waals surface area contributed by atoms with Crippen LogP contribution in [0.5, 0.6) is 5.75 Å². The van der Waals surface area contributed by atoms with Gasteiger partial charge in [-0.2, -0.15) is 0 Å². The van der Waals surface area contributed by atoms with Crippen molar-refractivity contribution in [2.24, 2.45) is 0 Å². The standard InChI is InChI=1S/C15H21NO3/c1-12-6-2-3-7-14(12)19-11-13(10-15(17)18)16-8-4-5-9-16/h2-3,6-7,13H,4-5,8-11H2,1H3,(H,17,18). The number of rotatable bonds is 6. The van der Waals surface area contributed by atoms with Gasteiger partial charge in [0.25, 0.3) is 0 Å². The van der Waals surface area contributed by atoms with Crippen LogP contribution in [-0.4, -0.2) is 41.7 Å². The van der Waals surface area contributed by atoms with Gasteiger partial charge < -0.3 is 9.84 Å². The lowest BCUT2D eigenvalue weighted by Gasteiger charge is -2.26. The molecule has 0 spiro atoms. The summed E-state index contributed by atoms with van der Waals surface area (Å²) in [6.45, 7) is 4.40. The largest absolute Gasteiger partial charge is 0.492 e. The monoisotopic (exact) mass is 263 g/mol. The predicted molar refractivity (Wildman–Crippen MR) is 73.5 cm³/mol. The fraction of sp³-hybridized carbons (Fsp3) is 0.533. The highest BCUT2D eigenvalue weighted by molar-refractivity contribution is 5.67. The molecular weight excluding hydrogens is 242 g/mol. The summed E-state index contributed by atoms with van der Waals surface area (Å²) in [4.78, 5) is 13.2. The Morgan fingerprint density at radius 3 is 2.68 bits per heavy atom. The van der Waals surface area contributed by atoms with Gasteiger partial charge >= 0.3 is 5.97 Å². The maximum atomic E-state index is 11.0. The summed E-state index contributed by atoms with van der Waals surface area (Å²) in [6.07, 6.45) is 2.45. The van der Waals surface area contributed by atoms with E-state index in [-0.39, 0.29) is 12.5 Å². The molecule has 0 aliphatic carbocycles. The normalized spacial score (nSPS) is 17.3. The number of carbonyl (C=O) groups is 1. The van der Waals surface area contributed by atoms with Crippen molar-refractivity contribution in [3.05, 3.63) is 29.8 Å². The van der Waals surface area contributed by atoms with Crippen LogP contribution in [-0.2, 0) is 4.79 Å². The first-order valence-electron chi connectivity index (χ1n) is 6.81. The van der Waals surface area contributed by atoms with Crippen LogP contribution < -0.4 is 4.74 Å². The van der Waals surface area contributed by atoms with Gasteiger partial charge in [0.2, 0.25) is 0 Å². The summed E-state index contributed by atoms with van der Waals surface area (Å²) < 4.78 is 5.81. The molecule has 1 aromatic rings. The third kappa shape index (κ3) is 3.96. The Hall–Kier alpha value is -1.55. The zero-order valence-electron chi connectivity index (χ0n) is 11.3. The van der Waals surface area contributed by atoms with Crippen LogP contribution in [0, 0.1) is 6.92 Å². The molecule has 104 valence electrons. The molecule has 4 nitrogen and oxygen atoms in total. The Morgan fingerprint density at radius 1 is 1.37 bits per heavy atom. The van der Waals surface area contributed by atoms with Crippen LogP contribution in [0.1, 0.15) is 24.8 Å². The molecule has 0 radical (unpaired) electrons. The summed E-state index contributed by atoms with van der Waals surface area (Å²) in [7, 11) is 0. The molecule has 1 aliphatic heterocycles. The van der Waals surface area contributed by atoms with E-state index in [0.717, 1.165) is 37.2 Å². The fourth-order valence-electron chi connectivity index (χ4n) is 2.51. The van der Waals surface area contributed by atoms with Gasteiger partial charge in [-0.15, -0.1) is 0 Å². The molecule has 0 amide bonds. The summed E-state index contributed by atoms with van der Waals surface area (Å²) in [5, 5.41) is 9.01. The molecule has 1 aliphatic rings. The van der Waals surface area contributed by atoms with Gasteiger partial charge in [0.1, 0.15) is 12.4 Å². The van der Waals surface area contributed by atoms with E-state index in [1.165, 1.54) is 0 Å². The molecule has 0 aromatic heterocycles. The lowest BCUT2D eigenvalue weighted by Crippen LogP contribution is -2.39. The topological polar surface area (TPSA) is 49.8 Å². The Bertz CT molecular complexity index is 427. The maximum absolute atomic E-state index is 11.0. The maximum Gasteiger partial charge on any atom is 0.305 e. The lowest BCUT2D eigenvalue weighted by molar-refractivity contribution is -0.138. The van der Waals surface area contributed by atoms with E-state index in [9.17, 15) is 4.79 Å². The first-order valence-corrected chi connectivity index (χ1v) is 6.81. The number of carboxylic acid groups (broad SMARTS) is 1. The van der Waals surface area contributed by atoms with E-state index < -0.39 is 5.97 Å². The van der Waals surface area contributed by atoms with Crippen LogP contribution in [0.3, 0.4) is 0 Å². The van der Waals surface area contributed by atoms with Crippen molar-refractivity contribution >= 4 is 5.97 Å². The summed E-state index contributed by atoms with van der Waals surface area (Å²) in [5.74, 6) is 0.0855. The second-order valence-electron chi connectivity index (χ2n) is 5.07. The van der Waals surface area contributed by atoms with Crippen molar-refractivity contribution in [1.29, 1.82) is 0 Å². The number of para-hydroxylation sites is 1. The highest BCUT2D eigenvalue weighted by Gasteiger charge is 2.24. The Labute approximate surface area is 114 Å². The van der Waals surface area contributed by atoms with Gasteiger partial charge in [0, 0.05) is 0 Å². The van der Waals surface area contributed by atoms with Crippen LogP contribution in [0.15, 0.2) is 24.3 Å². The fourth-order valence-corrected chi connectivity index (χ4v) is 2.51. The van der Waals surface area contributed by atoms with Gasteiger partial charge in [-0.25, -0.2) is 0 Å². The first kappa shape index (κ1) is 13.9. The molecule has 1 saturated heterocycles. The van der Waals surface area contributed by atoms with Gasteiger partial charge in [-0.3, -0.25) is 9.69 Å². The number of carboxylic acids is 1. The van der Waals surface area contributed by atoms with Crippen molar-refractivity contribution in [3.63, 3.8) is 0 Å². The molecule has 0 bridgehead atoms. The molecule has 1 fully saturated rings. The Balaban J connectivity index is 1.96. The number of hydrogen-bond donors (Lipinski definition) is 1. The minimum atomic E-state index is -0.759. The number of nitrogens with zero attached hydrogens (tertiary/aromatic N) is 1. The van der Waals surface area contributed by atoms with E-state index >= 15 is 0 Å². The van der Waals surface area contributed by atoms with Crippen molar-refractivity contribution < 1.29 is 14.6 Å². The van der Waals surface area contributed by atoms with Crippen LogP contribution in [0.2, 0.25) is 0 Å². The summed E-state index contributed by atoms with van der Waals surface area (Å²) in [6, 6.07) is 7.80. The van der Waals surface area contributed by atoms with Gasteiger partial charge in [0.05, 0.1) is 12.5 Å². The second kappa shape index (κ2) is 6.57. The quantitative estimate of drug-likeness (QED) is 0.855. The van der Waals surface area contributed by atoms with E-state index in [1.54, 1.807) is 0 Å². The zero-order valence-corrected chi connectivity index (χ0v) is 11.3. The third-order valence-corrected chi connectivity index (χ3v) is 3.59. The third-order valence-electron chi connectivity index (χ3n) is 3.59. The second-order valence-corrected chi connectivity index (χ2v) is 5.07. The van der Waals surface area contributed by atoms with Crippen molar-refractivity contribution in [3.8, 4) is 5.75 Å². The van der Waals surface area contributed by atoms with Gasteiger partial charge in [-0.05, 0) is 44.5 Å². The number of aryl methyl sites for hydroxylation is 1. The lowest BCUT2D eigenvalue weighted by atomic mass is 10.2. The first-order chi connectivity index (χ1) is 9.16. The van der Waals surface area contributed by atoms with Gasteiger partial charge in [-0.1, -0.05) is 18.2 Å². The molecular formula is C15H21NO3. The van der Waals surface area contributed by atoms with Crippen molar-refractivity contribution in [1.82, 2.24) is 4.90 Å². The predicted octanol–water partition coefficient (Wildman–Crippen LogP) is 2.31. The molecule has 4 heteroatoms. The smallest absolute Gasteiger partial charge is 0.305 e. The minimum absolute atomic E-state index is 0.0281. The molecule has 1 unspecified atom stereocenters. The molecule has 1 aromatic carbocycles. The number of aliphatic carboxylic acids is 1. The molecule has 0 saturated carbocycles. The van der Waals surface area contributed by atoms with E-state index in [0.29, 0.717) is 6.61 Å². The van der Waals surface area contributed by atoms with E-state index in [2.05, 4.69) is 4.90 Å². The number of likely N-dealkylation sites (tertiary alicyclic amines) is 1. The van der Waals surface area contributed by atoms with Crippen LogP contribution in [0.4, 0.5) is 0 Å². The number of benzene rings is 1. The number of hydrogen-bond acceptors (Lipinski definition) is 3. The molecule has 1 atom stereocenters. The molecule has 1 N–H and O–H groups in total. The van der Waals surface area contributed by atoms with Crippen LogP contribution in [0.25, 0.3) is 0 Å². The Morgan fingerprint density at radius 2 is 2.05 bits per heavy atom.